The molecule has 0 radical (unpaired) electrons. The molecule has 0 bridgehead atoms. The van der Waals surface area contributed by atoms with Crippen molar-refractivity contribution in [3.8, 4) is 0 Å². The molecule has 1 fully saturated rings. The van der Waals surface area contributed by atoms with E-state index >= 15 is 0 Å². The van der Waals surface area contributed by atoms with Gasteiger partial charge in [0.2, 0.25) is 5.91 Å². The largest absolute Gasteiger partial charge is 0.498 e. The number of methoxy groups -OCH3 is 1. The minimum atomic E-state index is -1.21. The fourth-order valence-corrected chi connectivity index (χ4v) is 3.43. The Morgan fingerprint density at radius 1 is 1.63 bits per heavy atom. The predicted octanol–water partition coefficient (Wildman–Crippen LogP) is -0.276. The number of nitrogens with zero attached hydrogens (tertiary/aromatic N) is 1. The molecule has 7 nitrogen and oxygen atoms in total. The zero-order chi connectivity index (χ0) is 14.2. The van der Waals surface area contributed by atoms with Gasteiger partial charge in [-0.25, -0.2) is 4.79 Å². The van der Waals surface area contributed by atoms with Crippen LogP contribution in [0.25, 0.3) is 0 Å². The number of rotatable bonds is 4. The Morgan fingerprint density at radius 2 is 2.32 bits per heavy atom. The average Bonchev–Trinajstić information content (AvgIpc) is 2.42. The summed E-state index contributed by atoms with van der Waals surface area (Å²) in [6.07, 6.45) is 0. The van der Waals surface area contributed by atoms with Gasteiger partial charge in [0.15, 0.2) is 5.70 Å². The van der Waals surface area contributed by atoms with Crippen LogP contribution >= 0.6 is 27.7 Å². The molecule has 19 heavy (non-hydrogen) atoms. The summed E-state index contributed by atoms with van der Waals surface area (Å²) in [5, 5.41) is 11.4. The average molecular weight is 351 g/mol. The van der Waals surface area contributed by atoms with E-state index in [4.69, 9.17) is 9.84 Å². The molecule has 2 aliphatic heterocycles. The number of carbonyl (C=O) groups is 3. The Balaban J connectivity index is 2.21. The third-order valence-corrected chi connectivity index (χ3v) is 4.58. The molecule has 0 aromatic rings. The lowest BCUT2D eigenvalue weighted by Crippen LogP contribution is -2.70. The lowest BCUT2D eigenvalue weighted by atomic mass is 10.0. The van der Waals surface area contributed by atoms with Gasteiger partial charge >= 0.3 is 5.97 Å². The number of amides is 2. The van der Waals surface area contributed by atoms with Gasteiger partial charge in [0.05, 0.1) is 18.2 Å². The van der Waals surface area contributed by atoms with Gasteiger partial charge in [0, 0.05) is 0 Å². The molecule has 0 aliphatic carbocycles. The monoisotopic (exact) mass is 350 g/mol. The van der Waals surface area contributed by atoms with E-state index in [0.29, 0.717) is 5.75 Å². The summed E-state index contributed by atoms with van der Waals surface area (Å²) in [4.78, 5) is 35.6. The standard InChI is InChI=1S/C10H11BrN2O5S/c1-18-4-3-19-9-6(12-5(14)2-11)8(15)13(9)7(4)10(16)17/h6,9H,2-3H2,1H3,(H,12,14)(H,16,17)/t6-,9-/m1/s1. The molecule has 2 atom stereocenters. The maximum absolute atomic E-state index is 12.0. The first-order chi connectivity index (χ1) is 9.01. The zero-order valence-corrected chi connectivity index (χ0v) is 12.3. The van der Waals surface area contributed by atoms with Crippen molar-refractivity contribution in [3.63, 3.8) is 0 Å². The second-order valence-electron chi connectivity index (χ2n) is 3.87. The molecule has 0 aromatic carbocycles. The second kappa shape index (κ2) is 5.41. The van der Waals surface area contributed by atoms with Crippen LogP contribution in [0.2, 0.25) is 0 Å². The summed E-state index contributed by atoms with van der Waals surface area (Å²) in [5.41, 5.74) is -0.138. The van der Waals surface area contributed by atoms with E-state index < -0.39 is 17.9 Å². The highest BCUT2D eigenvalue weighted by Gasteiger charge is 2.54. The number of carboxylic acid groups (broad SMARTS) is 1. The van der Waals surface area contributed by atoms with Gasteiger partial charge < -0.3 is 15.2 Å². The number of alkyl halides is 1. The van der Waals surface area contributed by atoms with E-state index in [1.165, 1.54) is 18.9 Å². The van der Waals surface area contributed by atoms with Gasteiger partial charge in [0.25, 0.3) is 5.91 Å². The number of carbonyl (C=O) groups excluding carboxylic acids is 2. The van der Waals surface area contributed by atoms with E-state index in [9.17, 15) is 14.4 Å². The molecule has 0 saturated carbocycles. The predicted molar refractivity (Wildman–Crippen MR) is 70.5 cm³/mol. The van der Waals surface area contributed by atoms with E-state index in [0.717, 1.165) is 4.90 Å². The Morgan fingerprint density at radius 3 is 2.84 bits per heavy atom. The van der Waals surface area contributed by atoms with Crippen LogP contribution in [0.1, 0.15) is 0 Å². The van der Waals surface area contributed by atoms with Crippen molar-refractivity contribution in [2.24, 2.45) is 0 Å². The van der Waals surface area contributed by atoms with Gasteiger partial charge in [0.1, 0.15) is 17.2 Å². The lowest BCUT2D eigenvalue weighted by molar-refractivity contribution is -0.150. The highest BCUT2D eigenvalue weighted by molar-refractivity contribution is 9.09. The lowest BCUT2D eigenvalue weighted by Gasteiger charge is -2.48. The van der Waals surface area contributed by atoms with Gasteiger partial charge in [-0.15, -0.1) is 11.8 Å². The number of hydrogen-bond donors (Lipinski definition) is 2. The smallest absolute Gasteiger partial charge is 0.356 e. The zero-order valence-electron chi connectivity index (χ0n) is 9.88. The summed E-state index contributed by atoms with van der Waals surface area (Å²) in [6.45, 7) is 0. The molecule has 9 heteroatoms. The highest BCUT2D eigenvalue weighted by atomic mass is 79.9. The number of ether oxygens (including phenoxy) is 1. The molecule has 2 N–H and O–H groups in total. The van der Waals surface area contributed by atoms with Crippen LogP contribution in [0.4, 0.5) is 0 Å². The first-order valence-electron chi connectivity index (χ1n) is 5.31. The fourth-order valence-electron chi connectivity index (χ4n) is 1.96. The molecule has 2 aliphatic rings. The molecule has 0 aromatic heterocycles. The second-order valence-corrected chi connectivity index (χ2v) is 5.54. The van der Waals surface area contributed by atoms with Crippen LogP contribution in [0.3, 0.4) is 0 Å². The van der Waals surface area contributed by atoms with E-state index in [1.54, 1.807) is 0 Å². The number of fused-ring (bicyclic) bond motifs is 1. The van der Waals surface area contributed by atoms with Gasteiger partial charge in [-0.05, 0) is 0 Å². The van der Waals surface area contributed by atoms with E-state index in [1.807, 2.05) is 0 Å². The molecule has 0 spiro atoms. The number of carboxylic acids is 1. The SMILES string of the molecule is COC1=C(C(=O)O)N2C(=O)[C@@H](NC(=O)CBr)[C@H]2SC1. The maximum Gasteiger partial charge on any atom is 0.356 e. The van der Waals surface area contributed by atoms with Crippen molar-refractivity contribution >= 4 is 45.5 Å². The normalized spacial score (nSPS) is 25.6. The Bertz CT molecular complexity index is 481. The molecule has 2 rings (SSSR count). The van der Waals surface area contributed by atoms with Crippen molar-refractivity contribution in [2.75, 3.05) is 18.2 Å². The fraction of sp³-hybridized carbons (Fsp3) is 0.500. The topological polar surface area (TPSA) is 95.9 Å². The molecule has 1 saturated heterocycles. The third kappa shape index (κ3) is 2.32. The van der Waals surface area contributed by atoms with Crippen LogP contribution in [-0.4, -0.2) is 57.4 Å². The first kappa shape index (κ1) is 14.2. The van der Waals surface area contributed by atoms with Crippen molar-refractivity contribution < 1.29 is 24.2 Å². The van der Waals surface area contributed by atoms with Crippen LogP contribution in [0.5, 0.6) is 0 Å². The summed E-state index contributed by atoms with van der Waals surface area (Å²) in [6, 6.07) is -0.678. The Hall–Kier alpha value is -1.22. The van der Waals surface area contributed by atoms with Crippen molar-refractivity contribution in [2.45, 2.75) is 11.4 Å². The maximum atomic E-state index is 12.0. The van der Waals surface area contributed by atoms with E-state index in [2.05, 4.69) is 21.2 Å². The number of aliphatic carboxylic acids is 1. The Kier molecular flexibility index (Phi) is 4.04. The molecule has 2 heterocycles. The summed E-state index contributed by atoms with van der Waals surface area (Å²) < 4.78 is 4.99. The summed E-state index contributed by atoms with van der Waals surface area (Å²) >= 11 is 4.35. The van der Waals surface area contributed by atoms with Crippen LogP contribution in [-0.2, 0) is 19.1 Å². The van der Waals surface area contributed by atoms with E-state index in [-0.39, 0.29) is 28.1 Å². The summed E-state index contributed by atoms with van der Waals surface area (Å²) in [7, 11) is 1.37. The molecule has 104 valence electrons. The van der Waals surface area contributed by atoms with Gasteiger partial charge in [-0.3, -0.25) is 14.5 Å². The number of hydrogen-bond acceptors (Lipinski definition) is 5. The third-order valence-electron chi connectivity index (χ3n) is 2.82. The number of halogens is 1. The van der Waals surface area contributed by atoms with Crippen LogP contribution < -0.4 is 5.32 Å². The number of thioether (sulfide) groups is 1. The first-order valence-corrected chi connectivity index (χ1v) is 7.48. The minimum Gasteiger partial charge on any atom is -0.498 e. The van der Waals surface area contributed by atoms with Crippen molar-refractivity contribution in [3.05, 3.63) is 11.5 Å². The van der Waals surface area contributed by atoms with Crippen molar-refractivity contribution in [1.29, 1.82) is 0 Å². The van der Waals surface area contributed by atoms with Gasteiger partial charge in [-0.2, -0.15) is 0 Å². The number of nitrogens with one attached hydrogen (secondary N) is 1. The molecule has 0 unspecified atom stereocenters. The highest BCUT2D eigenvalue weighted by Crippen LogP contribution is 2.40. The quantitative estimate of drug-likeness (QED) is 0.535. The molecular weight excluding hydrogens is 340 g/mol. The molecular formula is C10H11BrN2O5S. The van der Waals surface area contributed by atoms with Crippen LogP contribution in [0.15, 0.2) is 11.5 Å². The van der Waals surface area contributed by atoms with Crippen LogP contribution in [0, 0.1) is 0 Å². The van der Waals surface area contributed by atoms with Gasteiger partial charge in [-0.1, -0.05) is 15.9 Å². The molecule has 2 amide bonds. The van der Waals surface area contributed by atoms with Crippen molar-refractivity contribution in [1.82, 2.24) is 10.2 Å². The number of β-lactam (4-membered cyclic amide) rings is 1. The summed E-state index contributed by atoms with van der Waals surface area (Å²) in [5.74, 6) is -1.34. The minimum absolute atomic E-state index is 0.0963. The Labute approximate surface area is 121 Å².